The molecule has 0 aliphatic heterocycles. The van der Waals surface area contributed by atoms with Gasteiger partial charge in [-0.25, -0.2) is 4.79 Å². The predicted octanol–water partition coefficient (Wildman–Crippen LogP) is 1.84. The Labute approximate surface area is 89.0 Å². The molecule has 0 fully saturated rings. The lowest BCUT2D eigenvalue weighted by molar-refractivity contribution is 0.0601. The Morgan fingerprint density at radius 1 is 1.47 bits per heavy atom. The minimum atomic E-state index is -0.399. The van der Waals surface area contributed by atoms with Gasteiger partial charge >= 0.3 is 5.97 Å². The van der Waals surface area contributed by atoms with Crippen molar-refractivity contribution in [2.24, 2.45) is 0 Å². The zero-order chi connectivity index (χ0) is 11.3. The largest absolute Gasteiger partial charge is 0.491 e. The number of nitrogens with two attached hydrogens (primary N) is 1. The summed E-state index contributed by atoms with van der Waals surface area (Å²) in [6, 6.07) is 4.86. The average Bonchev–Trinajstić information content (AvgIpc) is 2.26. The zero-order valence-electron chi connectivity index (χ0n) is 8.95. The molecule has 1 aromatic carbocycles. The number of nitrogen functional groups attached to an aromatic ring is 1. The van der Waals surface area contributed by atoms with E-state index >= 15 is 0 Å². The molecule has 2 N–H and O–H groups in total. The molecule has 0 aromatic heterocycles. The molecule has 0 amide bonds. The quantitative estimate of drug-likeness (QED) is 0.607. The second-order valence-electron chi connectivity index (χ2n) is 3.09. The normalized spacial score (nSPS) is 9.73. The van der Waals surface area contributed by atoms with Crippen molar-refractivity contribution in [1.29, 1.82) is 0 Å². The number of hydrogen-bond donors (Lipinski definition) is 1. The van der Waals surface area contributed by atoms with Crippen molar-refractivity contribution in [3.8, 4) is 5.75 Å². The van der Waals surface area contributed by atoms with Crippen LogP contribution in [0.2, 0.25) is 0 Å². The molecule has 0 spiro atoms. The van der Waals surface area contributed by atoms with Gasteiger partial charge < -0.3 is 15.2 Å². The summed E-state index contributed by atoms with van der Waals surface area (Å²) in [4.78, 5) is 11.2. The first-order valence-corrected chi connectivity index (χ1v) is 4.79. The van der Waals surface area contributed by atoms with Crippen molar-refractivity contribution in [2.45, 2.75) is 13.3 Å². The van der Waals surface area contributed by atoms with E-state index in [9.17, 15) is 4.79 Å². The molecule has 0 bridgehead atoms. The summed E-state index contributed by atoms with van der Waals surface area (Å²) in [7, 11) is 1.33. The number of carbonyl (C=O) groups is 1. The molecule has 0 aliphatic carbocycles. The topological polar surface area (TPSA) is 61.5 Å². The van der Waals surface area contributed by atoms with Crippen LogP contribution < -0.4 is 10.5 Å². The molecular formula is C11H15NO3. The summed E-state index contributed by atoms with van der Waals surface area (Å²) in [6.07, 6.45) is 0.915. The maximum atomic E-state index is 11.2. The fourth-order valence-corrected chi connectivity index (χ4v) is 1.14. The molecule has 1 aromatic rings. The van der Waals surface area contributed by atoms with Gasteiger partial charge in [-0.15, -0.1) is 0 Å². The van der Waals surface area contributed by atoms with Gasteiger partial charge in [0.05, 0.1) is 25.0 Å². The maximum absolute atomic E-state index is 11.2. The molecule has 0 heterocycles. The molecule has 0 saturated heterocycles. The molecule has 4 heteroatoms. The third-order valence-electron chi connectivity index (χ3n) is 1.89. The highest BCUT2D eigenvalue weighted by atomic mass is 16.5. The predicted molar refractivity (Wildman–Crippen MR) is 58.0 cm³/mol. The van der Waals surface area contributed by atoms with Gasteiger partial charge in [0.2, 0.25) is 0 Å². The van der Waals surface area contributed by atoms with E-state index in [1.165, 1.54) is 7.11 Å². The lowest BCUT2D eigenvalue weighted by atomic mass is 10.2. The number of hydrogen-bond acceptors (Lipinski definition) is 4. The zero-order valence-corrected chi connectivity index (χ0v) is 8.95. The summed E-state index contributed by atoms with van der Waals surface area (Å²) in [5, 5.41) is 0. The van der Waals surface area contributed by atoms with E-state index < -0.39 is 5.97 Å². The summed E-state index contributed by atoms with van der Waals surface area (Å²) in [6.45, 7) is 2.63. The van der Waals surface area contributed by atoms with Gasteiger partial charge in [-0.1, -0.05) is 6.92 Å². The van der Waals surface area contributed by atoms with Crippen LogP contribution in [0.1, 0.15) is 23.7 Å². The third-order valence-corrected chi connectivity index (χ3v) is 1.89. The summed E-state index contributed by atoms with van der Waals surface area (Å²) < 4.78 is 9.95. The molecule has 15 heavy (non-hydrogen) atoms. The molecule has 0 radical (unpaired) electrons. The van der Waals surface area contributed by atoms with Gasteiger partial charge in [0.15, 0.2) is 0 Å². The van der Waals surface area contributed by atoms with E-state index in [0.717, 1.165) is 6.42 Å². The number of benzene rings is 1. The fraction of sp³-hybridized carbons (Fsp3) is 0.364. The Hall–Kier alpha value is -1.71. The Kier molecular flexibility index (Phi) is 3.97. The van der Waals surface area contributed by atoms with Gasteiger partial charge in [-0.2, -0.15) is 0 Å². The molecular weight excluding hydrogens is 194 g/mol. The number of methoxy groups -OCH3 is 1. The van der Waals surface area contributed by atoms with Crippen LogP contribution in [0.5, 0.6) is 5.75 Å². The second kappa shape index (κ2) is 5.24. The molecule has 0 atom stereocenters. The standard InChI is InChI=1S/C11H15NO3/c1-3-6-15-10-5-4-8(7-9(10)12)11(13)14-2/h4-5,7H,3,6,12H2,1-2H3. The second-order valence-corrected chi connectivity index (χ2v) is 3.09. The number of ether oxygens (including phenoxy) is 2. The summed E-state index contributed by atoms with van der Waals surface area (Å²) >= 11 is 0. The van der Waals surface area contributed by atoms with Gasteiger partial charge in [0.25, 0.3) is 0 Å². The Morgan fingerprint density at radius 3 is 2.73 bits per heavy atom. The molecule has 1 rings (SSSR count). The Morgan fingerprint density at radius 2 is 2.20 bits per heavy atom. The van der Waals surface area contributed by atoms with E-state index in [4.69, 9.17) is 10.5 Å². The minimum Gasteiger partial charge on any atom is -0.491 e. The smallest absolute Gasteiger partial charge is 0.337 e. The van der Waals surface area contributed by atoms with Crippen LogP contribution in [0.15, 0.2) is 18.2 Å². The molecule has 0 unspecified atom stereocenters. The molecule has 0 aliphatic rings. The first-order chi connectivity index (χ1) is 7.19. The van der Waals surface area contributed by atoms with Crippen LogP contribution in [-0.2, 0) is 4.74 Å². The maximum Gasteiger partial charge on any atom is 0.337 e. The number of carbonyl (C=O) groups excluding carboxylic acids is 1. The third kappa shape index (κ3) is 2.87. The highest BCUT2D eigenvalue weighted by Crippen LogP contribution is 2.22. The number of rotatable bonds is 4. The van der Waals surface area contributed by atoms with E-state index in [2.05, 4.69) is 4.74 Å². The first kappa shape index (κ1) is 11.4. The van der Waals surface area contributed by atoms with Crippen LogP contribution in [0.3, 0.4) is 0 Å². The minimum absolute atomic E-state index is 0.399. The number of esters is 1. The Bertz CT molecular complexity index is 350. The van der Waals surface area contributed by atoms with Crippen molar-refractivity contribution < 1.29 is 14.3 Å². The van der Waals surface area contributed by atoms with E-state index in [1.54, 1.807) is 18.2 Å². The van der Waals surface area contributed by atoms with Crippen LogP contribution in [0.25, 0.3) is 0 Å². The van der Waals surface area contributed by atoms with E-state index in [0.29, 0.717) is 23.6 Å². The molecule has 82 valence electrons. The van der Waals surface area contributed by atoms with Gasteiger partial charge in [-0.3, -0.25) is 0 Å². The highest BCUT2D eigenvalue weighted by Gasteiger charge is 2.08. The van der Waals surface area contributed by atoms with E-state index in [1.807, 2.05) is 6.92 Å². The molecule has 0 saturated carbocycles. The summed E-state index contributed by atoms with van der Waals surface area (Å²) in [5.41, 5.74) is 6.60. The van der Waals surface area contributed by atoms with Crippen LogP contribution in [0.4, 0.5) is 5.69 Å². The lowest BCUT2D eigenvalue weighted by Gasteiger charge is -2.08. The SMILES string of the molecule is CCCOc1ccc(C(=O)OC)cc1N. The van der Waals surface area contributed by atoms with Crippen molar-refractivity contribution >= 4 is 11.7 Å². The average molecular weight is 209 g/mol. The van der Waals surface area contributed by atoms with Gasteiger partial charge in [0, 0.05) is 0 Å². The van der Waals surface area contributed by atoms with E-state index in [-0.39, 0.29) is 0 Å². The van der Waals surface area contributed by atoms with Crippen molar-refractivity contribution in [2.75, 3.05) is 19.5 Å². The first-order valence-electron chi connectivity index (χ1n) is 4.79. The van der Waals surface area contributed by atoms with Gasteiger partial charge in [-0.05, 0) is 24.6 Å². The summed E-state index contributed by atoms with van der Waals surface area (Å²) in [5.74, 6) is 0.202. The lowest BCUT2D eigenvalue weighted by Crippen LogP contribution is -2.04. The van der Waals surface area contributed by atoms with Crippen molar-refractivity contribution in [1.82, 2.24) is 0 Å². The van der Waals surface area contributed by atoms with Crippen molar-refractivity contribution in [3.63, 3.8) is 0 Å². The van der Waals surface area contributed by atoms with Crippen molar-refractivity contribution in [3.05, 3.63) is 23.8 Å². The molecule has 4 nitrogen and oxygen atoms in total. The monoisotopic (exact) mass is 209 g/mol. The van der Waals surface area contributed by atoms with Crippen LogP contribution in [0, 0.1) is 0 Å². The van der Waals surface area contributed by atoms with Crippen LogP contribution >= 0.6 is 0 Å². The Balaban J connectivity index is 2.83. The fourth-order valence-electron chi connectivity index (χ4n) is 1.14. The van der Waals surface area contributed by atoms with Crippen LogP contribution in [-0.4, -0.2) is 19.7 Å². The van der Waals surface area contributed by atoms with Gasteiger partial charge in [0.1, 0.15) is 5.75 Å². The number of anilines is 1. The highest BCUT2D eigenvalue weighted by molar-refractivity contribution is 5.90.